The molecule has 0 bridgehead atoms. The molecule has 2 amide bonds. The number of carbonyl (C=O) groups is 2. The zero-order chi connectivity index (χ0) is 14.0. The maximum Gasteiger partial charge on any atom is 0.320 e. The summed E-state index contributed by atoms with van der Waals surface area (Å²) in [6, 6.07) is -0.129. The van der Waals surface area contributed by atoms with Gasteiger partial charge in [0, 0.05) is 26.2 Å². The zero-order valence-corrected chi connectivity index (χ0v) is 11.3. The van der Waals surface area contributed by atoms with Crippen molar-refractivity contribution in [1.82, 2.24) is 9.80 Å². The first kappa shape index (κ1) is 14.1. The number of urea groups is 1. The highest BCUT2D eigenvalue weighted by Crippen LogP contribution is 2.34. The molecule has 2 atom stereocenters. The van der Waals surface area contributed by atoms with Crippen LogP contribution >= 0.6 is 0 Å². The molecule has 2 saturated heterocycles. The summed E-state index contributed by atoms with van der Waals surface area (Å²) in [4.78, 5) is 26.9. The molecule has 2 unspecified atom stereocenters. The Bertz CT molecular complexity index is 374. The molecule has 2 heterocycles. The first-order chi connectivity index (χ1) is 8.98. The summed E-state index contributed by atoms with van der Waals surface area (Å²) < 4.78 is 0. The molecule has 0 saturated carbocycles. The molecule has 0 radical (unpaired) electrons. The van der Waals surface area contributed by atoms with E-state index in [1.165, 1.54) is 0 Å². The summed E-state index contributed by atoms with van der Waals surface area (Å²) >= 11 is 0. The molecule has 2 aliphatic rings. The number of hydrogen-bond acceptors (Lipinski definition) is 3. The third kappa shape index (κ3) is 2.68. The molecule has 2 N–H and O–H groups in total. The lowest BCUT2D eigenvalue weighted by atomic mass is 9.84. The monoisotopic (exact) mass is 270 g/mol. The van der Waals surface area contributed by atoms with Crippen molar-refractivity contribution in [2.45, 2.75) is 38.7 Å². The fraction of sp³-hybridized carbons (Fsp3) is 0.846. The summed E-state index contributed by atoms with van der Waals surface area (Å²) in [5, 5.41) is 18.9. The van der Waals surface area contributed by atoms with E-state index in [1.807, 2.05) is 6.92 Å². The van der Waals surface area contributed by atoms with E-state index in [2.05, 4.69) is 0 Å². The van der Waals surface area contributed by atoms with Crippen molar-refractivity contribution >= 4 is 12.0 Å². The van der Waals surface area contributed by atoms with Crippen LogP contribution in [0.15, 0.2) is 0 Å². The smallest absolute Gasteiger partial charge is 0.320 e. The maximum atomic E-state index is 12.3. The highest BCUT2D eigenvalue weighted by atomic mass is 16.4. The van der Waals surface area contributed by atoms with Gasteiger partial charge in [0.25, 0.3) is 0 Å². The van der Waals surface area contributed by atoms with Crippen LogP contribution in [0.5, 0.6) is 0 Å². The molecule has 0 spiro atoms. The van der Waals surface area contributed by atoms with Gasteiger partial charge in [0.2, 0.25) is 0 Å². The van der Waals surface area contributed by atoms with E-state index in [0.29, 0.717) is 32.5 Å². The van der Waals surface area contributed by atoms with Crippen molar-refractivity contribution in [3.63, 3.8) is 0 Å². The van der Waals surface area contributed by atoms with Gasteiger partial charge in [-0.3, -0.25) is 4.79 Å². The molecular formula is C13H22N2O4. The number of β-amino-alcohol motifs (C(OH)–C–C–N with tert-alkyl or cyclic N) is 1. The molecule has 6 nitrogen and oxygen atoms in total. The number of carboxylic acid groups (broad SMARTS) is 1. The van der Waals surface area contributed by atoms with E-state index < -0.39 is 17.5 Å². The number of hydrogen-bond donors (Lipinski definition) is 2. The number of carbonyl (C=O) groups excluding carboxylic acids is 1. The topological polar surface area (TPSA) is 81.1 Å². The minimum absolute atomic E-state index is 0.129. The van der Waals surface area contributed by atoms with Gasteiger partial charge in [-0.25, -0.2) is 4.79 Å². The van der Waals surface area contributed by atoms with Crippen molar-refractivity contribution in [2.24, 2.45) is 5.41 Å². The third-order valence-corrected chi connectivity index (χ3v) is 4.42. The fourth-order valence-corrected chi connectivity index (χ4v) is 2.98. The molecule has 2 fully saturated rings. The standard InChI is InChI=1S/C13H22N2O4/c1-2-13(11(17)18)5-7-15(9-13)12(19)14-6-3-4-10(16)8-14/h10,16H,2-9H2,1H3,(H,17,18). The Morgan fingerprint density at radius 3 is 2.58 bits per heavy atom. The molecule has 0 aromatic carbocycles. The number of rotatable bonds is 2. The summed E-state index contributed by atoms with van der Waals surface area (Å²) in [6.07, 6.45) is 2.14. The van der Waals surface area contributed by atoms with E-state index >= 15 is 0 Å². The molecule has 2 aliphatic heterocycles. The van der Waals surface area contributed by atoms with Gasteiger partial charge in [-0.1, -0.05) is 6.92 Å². The maximum absolute atomic E-state index is 12.3. The summed E-state index contributed by atoms with van der Waals surface area (Å²) in [5.41, 5.74) is -0.788. The predicted molar refractivity (Wildman–Crippen MR) is 68.8 cm³/mol. The van der Waals surface area contributed by atoms with Crippen molar-refractivity contribution in [1.29, 1.82) is 0 Å². The Hall–Kier alpha value is -1.30. The van der Waals surface area contributed by atoms with Gasteiger partial charge in [0.1, 0.15) is 0 Å². The lowest BCUT2D eigenvalue weighted by Gasteiger charge is -2.33. The molecule has 0 aliphatic carbocycles. The number of aliphatic hydroxyl groups excluding tert-OH is 1. The quantitative estimate of drug-likeness (QED) is 0.776. The first-order valence-corrected chi connectivity index (χ1v) is 6.94. The Labute approximate surface area is 113 Å². The van der Waals surface area contributed by atoms with E-state index in [1.54, 1.807) is 9.80 Å². The lowest BCUT2D eigenvalue weighted by molar-refractivity contribution is -0.148. The number of piperidine rings is 1. The summed E-state index contributed by atoms with van der Waals surface area (Å²) in [5.74, 6) is -0.816. The second-order valence-electron chi connectivity index (χ2n) is 5.64. The number of likely N-dealkylation sites (tertiary alicyclic amines) is 2. The second kappa shape index (κ2) is 5.36. The Balaban J connectivity index is 2.00. The highest BCUT2D eigenvalue weighted by Gasteiger charge is 2.45. The molecule has 108 valence electrons. The normalized spacial score (nSPS) is 31.6. The highest BCUT2D eigenvalue weighted by molar-refractivity contribution is 5.79. The van der Waals surface area contributed by atoms with Gasteiger partial charge in [0.15, 0.2) is 0 Å². The van der Waals surface area contributed by atoms with Gasteiger partial charge in [-0.05, 0) is 25.7 Å². The van der Waals surface area contributed by atoms with E-state index in [0.717, 1.165) is 12.8 Å². The van der Waals surface area contributed by atoms with Crippen molar-refractivity contribution in [3.05, 3.63) is 0 Å². The molecular weight excluding hydrogens is 248 g/mol. The largest absolute Gasteiger partial charge is 0.481 e. The van der Waals surface area contributed by atoms with Crippen LogP contribution < -0.4 is 0 Å². The number of aliphatic hydroxyl groups is 1. The number of amides is 2. The fourth-order valence-electron chi connectivity index (χ4n) is 2.98. The SMILES string of the molecule is CCC1(C(=O)O)CCN(C(=O)N2CCCC(O)C2)C1. The molecule has 0 aromatic rings. The van der Waals surface area contributed by atoms with Gasteiger partial charge < -0.3 is 20.0 Å². The number of aliphatic carboxylic acids is 1. The van der Waals surface area contributed by atoms with Crippen LogP contribution in [0.3, 0.4) is 0 Å². The predicted octanol–water partition coefficient (Wildman–Crippen LogP) is 0.750. The molecule has 2 rings (SSSR count). The van der Waals surface area contributed by atoms with Crippen LogP contribution in [0, 0.1) is 5.41 Å². The van der Waals surface area contributed by atoms with E-state index in [9.17, 15) is 19.8 Å². The second-order valence-corrected chi connectivity index (χ2v) is 5.64. The Morgan fingerprint density at radius 1 is 1.32 bits per heavy atom. The average Bonchev–Trinajstić information content (AvgIpc) is 2.83. The Morgan fingerprint density at radius 2 is 2.05 bits per heavy atom. The van der Waals surface area contributed by atoms with Crippen LogP contribution in [0.1, 0.15) is 32.6 Å². The Kier molecular flexibility index (Phi) is 3.99. The van der Waals surface area contributed by atoms with Crippen molar-refractivity contribution in [3.8, 4) is 0 Å². The third-order valence-electron chi connectivity index (χ3n) is 4.42. The van der Waals surface area contributed by atoms with E-state index in [-0.39, 0.29) is 12.6 Å². The summed E-state index contributed by atoms with van der Waals surface area (Å²) in [7, 11) is 0. The van der Waals surface area contributed by atoms with Gasteiger partial charge >= 0.3 is 12.0 Å². The minimum Gasteiger partial charge on any atom is -0.481 e. The molecule has 0 aromatic heterocycles. The number of carboxylic acids is 1. The summed E-state index contributed by atoms with van der Waals surface area (Å²) in [6.45, 7) is 3.64. The van der Waals surface area contributed by atoms with Crippen LogP contribution in [0.4, 0.5) is 4.79 Å². The molecule has 19 heavy (non-hydrogen) atoms. The first-order valence-electron chi connectivity index (χ1n) is 6.94. The van der Waals surface area contributed by atoms with Crippen LogP contribution in [-0.2, 0) is 4.79 Å². The van der Waals surface area contributed by atoms with E-state index in [4.69, 9.17) is 0 Å². The van der Waals surface area contributed by atoms with Crippen LogP contribution in [0.25, 0.3) is 0 Å². The van der Waals surface area contributed by atoms with Crippen LogP contribution in [-0.4, -0.2) is 64.3 Å². The van der Waals surface area contributed by atoms with Crippen LogP contribution in [0.2, 0.25) is 0 Å². The van der Waals surface area contributed by atoms with Gasteiger partial charge in [-0.15, -0.1) is 0 Å². The molecule has 6 heteroatoms. The number of nitrogens with zero attached hydrogens (tertiary/aromatic N) is 2. The van der Waals surface area contributed by atoms with Crippen molar-refractivity contribution < 1.29 is 19.8 Å². The van der Waals surface area contributed by atoms with Gasteiger partial charge in [-0.2, -0.15) is 0 Å². The van der Waals surface area contributed by atoms with Crippen molar-refractivity contribution in [2.75, 3.05) is 26.2 Å². The minimum atomic E-state index is -0.816. The average molecular weight is 270 g/mol. The van der Waals surface area contributed by atoms with Gasteiger partial charge in [0.05, 0.1) is 11.5 Å². The zero-order valence-electron chi connectivity index (χ0n) is 11.3. The lowest BCUT2D eigenvalue weighted by Crippen LogP contribution is -2.49.